The van der Waals surface area contributed by atoms with Crippen LogP contribution in [0, 0.1) is 0 Å². The Morgan fingerprint density at radius 1 is 1.33 bits per heavy atom. The molecule has 1 N–H and O–H groups in total. The summed E-state index contributed by atoms with van der Waals surface area (Å²) in [5, 5.41) is 16.2. The summed E-state index contributed by atoms with van der Waals surface area (Å²) in [4.78, 5) is 6.77. The SMILES string of the molecule is CN=C(NCCc1nnc2ccccn12)N1CCC(c2cnn(C)c2)C1.I. The molecule has 1 fully saturated rings. The molecule has 0 aromatic carbocycles. The third-order valence-electron chi connectivity index (χ3n) is 4.91. The van der Waals surface area contributed by atoms with E-state index in [4.69, 9.17) is 0 Å². The molecule has 9 heteroatoms. The van der Waals surface area contributed by atoms with Gasteiger partial charge in [-0.3, -0.25) is 14.1 Å². The van der Waals surface area contributed by atoms with Crippen LogP contribution < -0.4 is 5.32 Å². The highest BCUT2D eigenvalue weighted by molar-refractivity contribution is 14.0. The average molecular weight is 480 g/mol. The second kappa shape index (κ2) is 8.68. The summed E-state index contributed by atoms with van der Waals surface area (Å²) in [5.74, 6) is 2.42. The first-order valence-electron chi connectivity index (χ1n) is 8.97. The van der Waals surface area contributed by atoms with Gasteiger partial charge in [0.05, 0.1) is 6.20 Å². The highest BCUT2D eigenvalue weighted by Crippen LogP contribution is 2.26. The highest BCUT2D eigenvalue weighted by Gasteiger charge is 2.26. The van der Waals surface area contributed by atoms with Crippen molar-refractivity contribution < 1.29 is 0 Å². The molecule has 27 heavy (non-hydrogen) atoms. The second-order valence-corrected chi connectivity index (χ2v) is 6.65. The maximum atomic E-state index is 4.45. The topological polar surface area (TPSA) is 75.6 Å². The average Bonchev–Trinajstić information content (AvgIpc) is 3.38. The summed E-state index contributed by atoms with van der Waals surface area (Å²) in [6, 6.07) is 5.93. The summed E-state index contributed by atoms with van der Waals surface area (Å²) >= 11 is 0. The zero-order valence-corrected chi connectivity index (χ0v) is 17.9. The smallest absolute Gasteiger partial charge is 0.193 e. The normalized spacial score (nSPS) is 17.3. The van der Waals surface area contributed by atoms with Crippen molar-refractivity contribution in [2.45, 2.75) is 18.8 Å². The number of likely N-dealkylation sites (tertiary alicyclic amines) is 1. The van der Waals surface area contributed by atoms with Gasteiger partial charge in [0.2, 0.25) is 0 Å². The predicted molar refractivity (Wildman–Crippen MR) is 116 cm³/mol. The van der Waals surface area contributed by atoms with Crippen LogP contribution in [0.2, 0.25) is 0 Å². The fraction of sp³-hybridized carbons (Fsp3) is 0.444. The molecule has 0 saturated carbocycles. The van der Waals surface area contributed by atoms with E-state index in [2.05, 4.69) is 36.7 Å². The Morgan fingerprint density at radius 3 is 3.00 bits per heavy atom. The number of hydrogen-bond donors (Lipinski definition) is 1. The van der Waals surface area contributed by atoms with Crippen molar-refractivity contribution in [3.63, 3.8) is 0 Å². The van der Waals surface area contributed by atoms with Gasteiger partial charge >= 0.3 is 0 Å². The van der Waals surface area contributed by atoms with E-state index in [1.165, 1.54) is 5.56 Å². The van der Waals surface area contributed by atoms with Crippen LogP contribution in [-0.2, 0) is 13.5 Å². The number of halogens is 1. The number of aromatic nitrogens is 5. The number of fused-ring (bicyclic) bond motifs is 1. The van der Waals surface area contributed by atoms with Gasteiger partial charge in [-0.25, -0.2) is 0 Å². The van der Waals surface area contributed by atoms with E-state index in [1.807, 2.05) is 53.8 Å². The molecule has 0 amide bonds. The summed E-state index contributed by atoms with van der Waals surface area (Å²) in [6.07, 6.45) is 8.01. The lowest BCUT2D eigenvalue weighted by Gasteiger charge is -2.21. The Bertz CT molecular complexity index is 915. The van der Waals surface area contributed by atoms with Crippen LogP contribution in [0.5, 0.6) is 0 Å². The Balaban J connectivity index is 0.00000210. The van der Waals surface area contributed by atoms with Gasteiger partial charge in [0.25, 0.3) is 0 Å². The van der Waals surface area contributed by atoms with Gasteiger partial charge < -0.3 is 10.2 Å². The predicted octanol–water partition coefficient (Wildman–Crippen LogP) is 1.69. The zero-order chi connectivity index (χ0) is 17.9. The quantitative estimate of drug-likeness (QED) is 0.350. The Kier molecular flexibility index (Phi) is 6.30. The minimum atomic E-state index is 0. The molecule has 0 radical (unpaired) electrons. The van der Waals surface area contributed by atoms with Gasteiger partial charge in [0, 0.05) is 58.5 Å². The summed E-state index contributed by atoms with van der Waals surface area (Å²) in [7, 11) is 3.80. The lowest BCUT2D eigenvalue weighted by Crippen LogP contribution is -2.40. The first-order chi connectivity index (χ1) is 12.7. The Morgan fingerprint density at radius 2 is 2.22 bits per heavy atom. The molecule has 1 unspecified atom stereocenters. The number of guanidine groups is 1. The van der Waals surface area contributed by atoms with Crippen molar-refractivity contribution in [2.75, 3.05) is 26.7 Å². The number of nitrogens with one attached hydrogen (secondary N) is 1. The Labute approximate surface area is 175 Å². The minimum absolute atomic E-state index is 0. The van der Waals surface area contributed by atoms with Crippen molar-refractivity contribution in [3.05, 3.63) is 48.2 Å². The second-order valence-electron chi connectivity index (χ2n) is 6.65. The number of aliphatic imine (C=N–C) groups is 1. The van der Waals surface area contributed by atoms with Crippen LogP contribution in [0.25, 0.3) is 5.65 Å². The van der Waals surface area contributed by atoms with Gasteiger partial charge in [0.1, 0.15) is 5.82 Å². The molecular formula is C18H25IN8. The van der Waals surface area contributed by atoms with Crippen LogP contribution in [0.3, 0.4) is 0 Å². The molecule has 4 heterocycles. The zero-order valence-electron chi connectivity index (χ0n) is 15.6. The molecule has 1 aliphatic rings. The van der Waals surface area contributed by atoms with E-state index in [9.17, 15) is 0 Å². The lowest BCUT2D eigenvalue weighted by molar-refractivity contribution is 0.486. The van der Waals surface area contributed by atoms with E-state index in [-0.39, 0.29) is 24.0 Å². The van der Waals surface area contributed by atoms with Crippen LogP contribution in [0.4, 0.5) is 0 Å². The van der Waals surface area contributed by atoms with E-state index in [0.29, 0.717) is 5.92 Å². The van der Waals surface area contributed by atoms with Crippen LogP contribution in [0.15, 0.2) is 41.8 Å². The van der Waals surface area contributed by atoms with Gasteiger partial charge in [-0.15, -0.1) is 34.2 Å². The monoisotopic (exact) mass is 480 g/mol. The van der Waals surface area contributed by atoms with Crippen molar-refractivity contribution in [1.82, 2.24) is 34.6 Å². The van der Waals surface area contributed by atoms with Gasteiger partial charge in [-0.05, 0) is 24.1 Å². The molecule has 0 bridgehead atoms. The van der Waals surface area contributed by atoms with Crippen molar-refractivity contribution in [2.24, 2.45) is 12.0 Å². The van der Waals surface area contributed by atoms with Crippen LogP contribution in [-0.4, -0.2) is 61.9 Å². The van der Waals surface area contributed by atoms with Gasteiger partial charge in [-0.2, -0.15) is 5.10 Å². The van der Waals surface area contributed by atoms with Gasteiger partial charge in [0.15, 0.2) is 11.6 Å². The molecule has 3 aromatic rings. The first-order valence-corrected chi connectivity index (χ1v) is 8.97. The third kappa shape index (κ3) is 4.23. The molecule has 3 aromatic heterocycles. The number of rotatable bonds is 4. The van der Waals surface area contributed by atoms with E-state index in [0.717, 1.165) is 49.9 Å². The van der Waals surface area contributed by atoms with E-state index >= 15 is 0 Å². The molecule has 8 nitrogen and oxygen atoms in total. The largest absolute Gasteiger partial charge is 0.356 e. The molecular weight excluding hydrogens is 455 g/mol. The Hall–Kier alpha value is -2.17. The third-order valence-corrected chi connectivity index (χ3v) is 4.91. The standard InChI is InChI=1S/C18H24N8.HI/c1-19-18(25-10-7-14(13-25)15-11-21-24(2)12-15)20-8-6-17-23-22-16-5-3-4-9-26(16)17;/h3-5,9,11-12,14H,6-8,10,13H2,1-2H3,(H,19,20);1H. The van der Waals surface area contributed by atoms with Crippen LogP contribution in [0.1, 0.15) is 23.7 Å². The maximum Gasteiger partial charge on any atom is 0.193 e. The molecule has 0 aliphatic carbocycles. The van der Waals surface area contributed by atoms with Crippen molar-refractivity contribution in [3.8, 4) is 0 Å². The molecule has 144 valence electrons. The maximum absolute atomic E-state index is 4.45. The molecule has 0 spiro atoms. The number of hydrogen-bond acceptors (Lipinski definition) is 4. The number of pyridine rings is 1. The fourth-order valence-electron chi connectivity index (χ4n) is 3.56. The lowest BCUT2D eigenvalue weighted by atomic mass is 10.0. The first kappa shape index (κ1) is 19.6. The summed E-state index contributed by atoms with van der Waals surface area (Å²) < 4.78 is 3.90. The van der Waals surface area contributed by atoms with Gasteiger partial charge in [-0.1, -0.05) is 6.07 Å². The molecule has 1 saturated heterocycles. The molecule has 4 rings (SSSR count). The number of nitrogens with zero attached hydrogens (tertiary/aromatic N) is 7. The van der Waals surface area contributed by atoms with Crippen molar-refractivity contribution >= 4 is 35.6 Å². The highest BCUT2D eigenvalue weighted by atomic mass is 127. The summed E-state index contributed by atoms with van der Waals surface area (Å²) in [6.45, 7) is 2.75. The molecule has 1 atom stereocenters. The summed E-state index contributed by atoms with van der Waals surface area (Å²) in [5.41, 5.74) is 2.19. The molecule has 1 aliphatic heterocycles. The van der Waals surface area contributed by atoms with E-state index < -0.39 is 0 Å². The van der Waals surface area contributed by atoms with E-state index in [1.54, 1.807) is 0 Å². The minimum Gasteiger partial charge on any atom is -0.356 e. The number of aryl methyl sites for hydroxylation is 1. The fourth-order valence-corrected chi connectivity index (χ4v) is 3.56. The van der Waals surface area contributed by atoms with Crippen LogP contribution >= 0.6 is 24.0 Å². The van der Waals surface area contributed by atoms with Crippen molar-refractivity contribution in [1.29, 1.82) is 0 Å².